The predicted octanol–water partition coefficient (Wildman–Crippen LogP) is 3.39. The van der Waals surface area contributed by atoms with E-state index in [9.17, 15) is 18.0 Å². The number of likely N-dealkylation sites (tertiary alicyclic amines) is 1. The summed E-state index contributed by atoms with van der Waals surface area (Å²) in [6.45, 7) is 0.501. The Bertz CT molecular complexity index is 456. The molecule has 1 aromatic carbocycles. The molecule has 1 aliphatic heterocycles. The van der Waals surface area contributed by atoms with Crippen LogP contribution in [-0.2, 0) is 12.6 Å². The van der Waals surface area contributed by atoms with Gasteiger partial charge >= 0.3 is 12.3 Å². The Balaban J connectivity index is 2.06. The van der Waals surface area contributed by atoms with Gasteiger partial charge in [-0.15, -0.1) is 0 Å². The molecule has 0 saturated carbocycles. The van der Waals surface area contributed by atoms with Crippen molar-refractivity contribution in [1.29, 1.82) is 0 Å². The van der Waals surface area contributed by atoms with Crippen LogP contribution in [0.2, 0.25) is 0 Å². The SMILES string of the molecule is O=C(O)N1CCCC1Cc1ccc(C(F)(F)F)cc1. The first kappa shape index (κ1) is 13.7. The third-order valence-corrected chi connectivity index (χ3v) is 3.38. The molecule has 1 saturated heterocycles. The molecule has 0 radical (unpaired) electrons. The summed E-state index contributed by atoms with van der Waals surface area (Å²) in [4.78, 5) is 12.3. The van der Waals surface area contributed by atoms with Crippen LogP contribution in [0.25, 0.3) is 0 Å². The number of alkyl halides is 3. The number of hydrogen-bond donors (Lipinski definition) is 1. The number of benzene rings is 1. The molecule has 0 spiro atoms. The van der Waals surface area contributed by atoms with Crippen LogP contribution in [0, 0.1) is 0 Å². The van der Waals surface area contributed by atoms with Gasteiger partial charge in [-0.05, 0) is 37.0 Å². The van der Waals surface area contributed by atoms with Crippen LogP contribution in [0.1, 0.15) is 24.0 Å². The minimum Gasteiger partial charge on any atom is -0.465 e. The number of carboxylic acid groups (broad SMARTS) is 1. The Hall–Kier alpha value is -1.72. The topological polar surface area (TPSA) is 40.5 Å². The fourth-order valence-electron chi connectivity index (χ4n) is 2.40. The summed E-state index contributed by atoms with van der Waals surface area (Å²) in [5, 5.41) is 8.99. The molecule has 0 aliphatic carbocycles. The van der Waals surface area contributed by atoms with Gasteiger partial charge in [0, 0.05) is 12.6 Å². The van der Waals surface area contributed by atoms with Crippen molar-refractivity contribution in [2.75, 3.05) is 6.54 Å². The van der Waals surface area contributed by atoms with Gasteiger partial charge in [0.05, 0.1) is 5.56 Å². The van der Waals surface area contributed by atoms with E-state index in [0.29, 0.717) is 13.0 Å². The van der Waals surface area contributed by atoms with Gasteiger partial charge in [-0.1, -0.05) is 12.1 Å². The van der Waals surface area contributed by atoms with Crippen LogP contribution >= 0.6 is 0 Å². The van der Waals surface area contributed by atoms with E-state index in [4.69, 9.17) is 5.11 Å². The maximum atomic E-state index is 12.4. The molecule has 1 unspecified atom stereocenters. The lowest BCUT2D eigenvalue weighted by Crippen LogP contribution is -2.35. The monoisotopic (exact) mass is 273 g/mol. The number of halogens is 3. The molecule has 1 aromatic rings. The second-order valence-electron chi connectivity index (χ2n) is 4.67. The zero-order valence-electron chi connectivity index (χ0n) is 10.2. The highest BCUT2D eigenvalue weighted by molar-refractivity contribution is 5.65. The Kier molecular flexibility index (Phi) is 3.68. The molecule has 1 N–H and O–H groups in total. The fourth-order valence-corrected chi connectivity index (χ4v) is 2.40. The summed E-state index contributed by atoms with van der Waals surface area (Å²) in [5.74, 6) is 0. The van der Waals surface area contributed by atoms with Gasteiger partial charge in [0.15, 0.2) is 0 Å². The summed E-state index contributed by atoms with van der Waals surface area (Å²) in [5.41, 5.74) is 0.0453. The van der Waals surface area contributed by atoms with Crippen molar-refractivity contribution >= 4 is 6.09 Å². The highest BCUT2D eigenvalue weighted by atomic mass is 19.4. The largest absolute Gasteiger partial charge is 0.465 e. The Morgan fingerprint density at radius 2 is 1.95 bits per heavy atom. The molecule has 3 nitrogen and oxygen atoms in total. The molecular formula is C13H14F3NO2. The fraction of sp³-hybridized carbons (Fsp3) is 0.462. The molecule has 6 heteroatoms. The molecular weight excluding hydrogens is 259 g/mol. The highest BCUT2D eigenvalue weighted by Crippen LogP contribution is 2.29. The molecule has 1 fully saturated rings. The maximum absolute atomic E-state index is 12.4. The number of hydrogen-bond acceptors (Lipinski definition) is 1. The lowest BCUT2D eigenvalue weighted by Gasteiger charge is -2.21. The second-order valence-corrected chi connectivity index (χ2v) is 4.67. The summed E-state index contributed by atoms with van der Waals surface area (Å²) < 4.78 is 37.2. The smallest absolute Gasteiger partial charge is 0.416 e. The zero-order valence-corrected chi connectivity index (χ0v) is 10.2. The van der Waals surface area contributed by atoms with Gasteiger partial charge in [-0.25, -0.2) is 4.79 Å². The van der Waals surface area contributed by atoms with E-state index in [1.807, 2.05) is 0 Å². The minimum atomic E-state index is -4.33. The molecule has 2 rings (SSSR count). The third-order valence-electron chi connectivity index (χ3n) is 3.38. The lowest BCUT2D eigenvalue weighted by atomic mass is 10.0. The summed E-state index contributed by atoms with van der Waals surface area (Å²) in [7, 11) is 0. The first-order valence-electron chi connectivity index (χ1n) is 6.03. The van der Waals surface area contributed by atoms with Gasteiger partial charge in [0.2, 0.25) is 0 Å². The van der Waals surface area contributed by atoms with E-state index < -0.39 is 17.8 Å². The lowest BCUT2D eigenvalue weighted by molar-refractivity contribution is -0.137. The van der Waals surface area contributed by atoms with Crippen molar-refractivity contribution in [3.63, 3.8) is 0 Å². The van der Waals surface area contributed by atoms with Crippen LogP contribution in [-0.4, -0.2) is 28.7 Å². The van der Waals surface area contributed by atoms with Crippen LogP contribution in [0.4, 0.5) is 18.0 Å². The first-order chi connectivity index (χ1) is 8.88. The van der Waals surface area contributed by atoms with E-state index in [0.717, 1.165) is 30.5 Å². The van der Waals surface area contributed by atoms with Crippen molar-refractivity contribution in [2.45, 2.75) is 31.5 Å². The van der Waals surface area contributed by atoms with Gasteiger partial charge in [0.1, 0.15) is 0 Å². The average molecular weight is 273 g/mol. The van der Waals surface area contributed by atoms with Gasteiger partial charge in [0.25, 0.3) is 0 Å². The van der Waals surface area contributed by atoms with Crippen molar-refractivity contribution in [1.82, 2.24) is 4.90 Å². The van der Waals surface area contributed by atoms with Crippen LogP contribution < -0.4 is 0 Å². The Morgan fingerprint density at radius 3 is 2.47 bits per heavy atom. The normalized spacial score (nSPS) is 19.7. The first-order valence-corrected chi connectivity index (χ1v) is 6.03. The van der Waals surface area contributed by atoms with Crippen LogP contribution in [0.5, 0.6) is 0 Å². The molecule has 19 heavy (non-hydrogen) atoms. The van der Waals surface area contributed by atoms with Gasteiger partial charge in [-0.3, -0.25) is 0 Å². The standard InChI is InChI=1S/C13H14F3NO2/c14-13(15,16)10-5-3-9(4-6-10)8-11-2-1-7-17(11)12(18)19/h3-6,11H,1-2,7-8H2,(H,18,19). The Labute approximate surface area is 108 Å². The predicted molar refractivity (Wildman–Crippen MR) is 62.9 cm³/mol. The van der Waals surface area contributed by atoms with Crippen LogP contribution in [0.15, 0.2) is 24.3 Å². The molecule has 1 aliphatic rings. The Morgan fingerprint density at radius 1 is 1.32 bits per heavy atom. The molecule has 104 valence electrons. The number of nitrogens with zero attached hydrogens (tertiary/aromatic N) is 1. The van der Waals surface area contributed by atoms with E-state index in [2.05, 4.69) is 0 Å². The summed E-state index contributed by atoms with van der Waals surface area (Å²) in [6, 6.07) is 4.78. The quantitative estimate of drug-likeness (QED) is 0.897. The van der Waals surface area contributed by atoms with E-state index in [-0.39, 0.29) is 6.04 Å². The van der Waals surface area contributed by atoms with E-state index >= 15 is 0 Å². The minimum absolute atomic E-state index is 0.130. The number of amides is 1. The summed E-state index contributed by atoms with van der Waals surface area (Å²) in [6.07, 6.45) is -3.27. The van der Waals surface area contributed by atoms with Crippen molar-refractivity contribution in [3.8, 4) is 0 Å². The number of carbonyl (C=O) groups is 1. The van der Waals surface area contributed by atoms with Crippen molar-refractivity contribution < 1.29 is 23.1 Å². The van der Waals surface area contributed by atoms with Crippen molar-refractivity contribution in [3.05, 3.63) is 35.4 Å². The third kappa shape index (κ3) is 3.19. The second kappa shape index (κ2) is 5.11. The molecule has 1 amide bonds. The summed E-state index contributed by atoms with van der Waals surface area (Å²) >= 11 is 0. The molecule has 0 bridgehead atoms. The molecule has 1 atom stereocenters. The molecule has 0 aromatic heterocycles. The van der Waals surface area contributed by atoms with Gasteiger partial charge in [-0.2, -0.15) is 13.2 Å². The number of rotatable bonds is 2. The van der Waals surface area contributed by atoms with Crippen molar-refractivity contribution in [2.24, 2.45) is 0 Å². The highest BCUT2D eigenvalue weighted by Gasteiger charge is 2.31. The van der Waals surface area contributed by atoms with Gasteiger partial charge < -0.3 is 10.0 Å². The maximum Gasteiger partial charge on any atom is 0.416 e. The average Bonchev–Trinajstić information content (AvgIpc) is 2.77. The zero-order chi connectivity index (χ0) is 14.0. The molecule has 1 heterocycles. The van der Waals surface area contributed by atoms with E-state index in [1.165, 1.54) is 17.0 Å². The van der Waals surface area contributed by atoms with Crippen LogP contribution in [0.3, 0.4) is 0 Å². The van der Waals surface area contributed by atoms with E-state index in [1.54, 1.807) is 0 Å².